The monoisotopic (exact) mass is 525 g/mol. The summed E-state index contributed by atoms with van der Waals surface area (Å²) in [7, 11) is 0. The average molecular weight is 526 g/mol. The molecule has 0 unspecified atom stereocenters. The fraction of sp³-hybridized carbons (Fsp3) is 0.903. The average Bonchev–Trinajstić information content (AvgIpc) is 2.86. The Kier molecular flexibility index (Phi) is 26.3. The van der Waals surface area contributed by atoms with Crippen molar-refractivity contribution in [1.82, 2.24) is 5.32 Å². The van der Waals surface area contributed by atoms with Crippen molar-refractivity contribution in [3.8, 4) is 0 Å². The predicted octanol–water partition coefficient (Wildman–Crippen LogP) is 8.80. The minimum absolute atomic E-state index is 0.0842. The van der Waals surface area contributed by atoms with Crippen molar-refractivity contribution in [2.45, 2.75) is 180 Å². The molecule has 0 aromatic carbocycles. The van der Waals surface area contributed by atoms with E-state index in [0.717, 1.165) is 19.3 Å². The van der Waals surface area contributed by atoms with Gasteiger partial charge in [-0.2, -0.15) is 0 Å². The van der Waals surface area contributed by atoms with Crippen LogP contribution in [0.5, 0.6) is 0 Å². The molecule has 37 heavy (non-hydrogen) atoms. The summed E-state index contributed by atoms with van der Waals surface area (Å²) in [6, 6.07) is -0.994. The number of aliphatic carboxylic acids is 2. The molecular formula is C31H59NO5. The van der Waals surface area contributed by atoms with Gasteiger partial charge in [0.2, 0.25) is 5.91 Å². The van der Waals surface area contributed by atoms with E-state index in [1.165, 1.54) is 122 Å². The van der Waals surface area contributed by atoms with Gasteiger partial charge in [0.15, 0.2) is 0 Å². The number of carbonyl (C=O) groups excluding carboxylic acids is 1. The van der Waals surface area contributed by atoms with Crippen molar-refractivity contribution in [3.05, 3.63) is 0 Å². The van der Waals surface area contributed by atoms with Crippen LogP contribution in [-0.2, 0) is 14.4 Å². The second kappa shape index (κ2) is 27.4. The molecule has 0 aliphatic heterocycles. The quantitative estimate of drug-likeness (QED) is 0.0846. The van der Waals surface area contributed by atoms with Gasteiger partial charge in [-0.05, 0) is 19.3 Å². The number of carboxylic acid groups (broad SMARTS) is 2. The molecule has 1 amide bonds. The summed E-state index contributed by atoms with van der Waals surface area (Å²) in [6.07, 6.45) is 29.8. The molecule has 6 nitrogen and oxygen atoms in total. The van der Waals surface area contributed by atoms with Crippen LogP contribution in [0.25, 0.3) is 0 Å². The Morgan fingerprint density at radius 1 is 0.514 bits per heavy atom. The summed E-state index contributed by atoms with van der Waals surface area (Å²) in [6.45, 7) is 2.28. The number of carbonyl (C=O) groups is 3. The second-order valence-electron chi connectivity index (χ2n) is 10.9. The summed E-state index contributed by atoms with van der Waals surface area (Å²) in [5.74, 6) is -2.31. The van der Waals surface area contributed by atoms with E-state index < -0.39 is 18.0 Å². The van der Waals surface area contributed by atoms with Gasteiger partial charge in [0.25, 0.3) is 0 Å². The Balaban J connectivity index is 3.35. The van der Waals surface area contributed by atoms with Gasteiger partial charge in [-0.15, -0.1) is 0 Å². The second-order valence-corrected chi connectivity index (χ2v) is 10.9. The zero-order valence-corrected chi connectivity index (χ0v) is 24.1. The minimum Gasteiger partial charge on any atom is -0.481 e. The van der Waals surface area contributed by atoms with E-state index in [0.29, 0.717) is 6.42 Å². The molecule has 0 radical (unpaired) electrons. The van der Waals surface area contributed by atoms with E-state index in [9.17, 15) is 19.5 Å². The van der Waals surface area contributed by atoms with E-state index in [-0.39, 0.29) is 25.2 Å². The van der Waals surface area contributed by atoms with E-state index in [2.05, 4.69) is 12.2 Å². The zero-order valence-electron chi connectivity index (χ0n) is 24.1. The van der Waals surface area contributed by atoms with Crippen molar-refractivity contribution in [2.75, 3.05) is 0 Å². The van der Waals surface area contributed by atoms with Gasteiger partial charge in [-0.25, -0.2) is 4.79 Å². The lowest BCUT2D eigenvalue weighted by Crippen LogP contribution is -2.40. The Morgan fingerprint density at radius 2 is 0.865 bits per heavy atom. The zero-order chi connectivity index (χ0) is 27.4. The number of hydrogen-bond acceptors (Lipinski definition) is 3. The molecule has 3 N–H and O–H groups in total. The van der Waals surface area contributed by atoms with Gasteiger partial charge >= 0.3 is 11.9 Å². The number of hydrogen-bond donors (Lipinski definition) is 3. The molecule has 0 aromatic rings. The third kappa shape index (κ3) is 27.3. The molecule has 6 heteroatoms. The number of nitrogens with one attached hydrogen (secondary N) is 1. The van der Waals surface area contributed by atoms with Gasteiger partial charge < -0.3 is 15.5 Å². The lowest BCUT2D eigenvalue weighted by molar-refractivity contribution is -0.142. The molecule has 0 aliphatic rings. The molecular weight excluding hydrogens is 466 g/mol. The van der Waals surface area contributed by atoms with Gasteiger partial charge in [-0.1, -0.05) is 142 Å². The number of unbranched alkanes of at least 4 members (excludes halogenated alkanes) is 21. The van der Waals surface area contributed by atoms with Crippen LogP contribution in [0.1, 0.15) is 174 Å². The maximum atomic E-state index is 12.0. The van der Waals surface area contributed by atoms with Crippen LogP contribution in [-0.4, -0.2) is 34.1 Å². The van der Waals surface area contributed by atoms with Crippen LogP contribution < -0.4 is 5.32 Å². The van der Waals surface area contributed by atoms with E-state index in [4.69, 9.17) is 5.11 Å². The SMILES string of the molecule is CCCCCCCCCCCCCCCCCCCCCCCCC(=O)N[C@H](CCCC(=O)O)C(=O)O. The molecule has 0 rings (SSSR count). The van der Waals surface area contributed by atoms with Crippen LogP contribution >= 0.6 is 0 Å². The Hall–Kier alpha value is -1.59. The molecule has 1 atom stereocenters. The molecule has 0 spiro atoms. The highest BCUT2D eigenvalue weighted by Gasteiger charge is 2.19. The smallest absolute Gasteiger partial charge is 0.326 e. The fourth-order valence-corrected chi connectivity index (χ4v) is 4.88. The number of carboxylic acids is 2. The highest BCUT2D eigenvalue weighted by Crippen LogP contribution is 2.15. The van der Waals surface area contributed by atoms with E-state index in [1.807, 2.05) is 0 Å². The van der Waals surface area contributed by atoms with Crippen molar-refractivity contribution in [1.29, 1.82) is 0 Å². The first kappa shape index (κ1) is 35.4. The molecule has 0 saturated heterocycles. The third-order valence-corrected chi connectivity index (χ3v) is 7.27. The molecule has 0 aliphatic carbocycles. The third-order valence-electron chi connectivity index (χ3n) is 7.27. The highest BCUT2D eigenvalue weighted by atomic mass is 16.4. The predicted molar refractivity (Wildman–Crippen MR) is 153 cm³/mol. The van der Waals surface area contributed by atoms with Crippen LogP contribution in [0, 0.1) is 0 Å². The number of amides is 1. The molecule has 0 fully saturated rings. The van der Waals surface area contributed by atoms with Crippen LogP contribution in [0.15, 0.2) is 0 Å². The Morgan fingerprint density at radius 3 is 1.19 bits per heavy atom. The summed E-state index contributed by atoms with van der Waals surface area (Å²) in [5.41, 5.74) is 0. The molecule has 0 saturated carbocycles. The maximum Gasteiger partial charge on any atom is 0.326 e. The summed E-state index contributed by atoms with van der Waals surface area (Å²) < 4.78 is 0. The van der Waals surface area contributed by atoms with Crippen molar-refractivity contribution < 1.29 is 24.6 Å². The lowest BCUT2D eigenvalue weighted by atomic mass is 10.0. The summed E-state index contributed by atoms with van der Waals surface area (Å²) >= 11 is 0. The first-order valence-corrected chi connectivity index (χ1v) is 15.7. The largest absolute Gasteiger partial charge is 0.481 e. The molecule has 0 bridgehead atoms. The van der Waals surface area contributed by atoms with Gasteiger partial charge in [-0.3, -0.25) is 9.59 Å². The molecule has 0 aromatic heterocycles. The first-order chi connectivity index (χ1) is 18.0. The van der Waals surface area contributed by atoms with E-state index >= 15 is 0 Å². The van der Waals surface area contributed by atoms with E-state index in [1.54, 1.807) is 0 Å². The van der Waals surface area contributed by atoms with Crippen LogP contribution in [0.2, 0.25) is 0 Å². The standard InChI is InChI=1S/C31H59NO5/c1-2-3-4-5-6-7-8-9-10-11-12-13-14-15-16-17-18-19-20-21-22-23-26-29(33)32-28(31(36)37)25-24-27-30(34)35/h28H,2-27H2,1H3,(H,32,33)(H,34,35)(H,36,37)/t28-/m1/s1. The molecule has 0 heterocycles. The lowest BCUT2D eigenvalue weighted by Gasteiger charge is -2.14. The van der Waals surface area contributed by atoms with Gasteiger partial charge in [0.05, 0.1) is 0 Å². The first-order valence-electron chi connectivity index (χ1n) is 15.7. The normalized spacial score (nSPS) is 11.9. The fourth-order valence-electron chi connectivity index (χ4n) is 4.88. The maximum absolute atomic E-state index is 12.0. The Labute approximate surface area is 227 Å². The summed E-state index contributed by atoms with van der Waals surface area (Å²) in [4.78, 5) is 33.7. The minimum atomic E-state index is -1.10. The van der Waals surface area contributed by atoms with Gasteiger partial charge in [0.1, 0.15) is 6.04 Å². The van der Waals surface area contributed by atoms with Crippen molar-refractivity contribution >= 4 is 17.8 Å². The summed E-state index contributed by atoms with van der Waals surface area (Å²) in [5, 5.41) is 20.4. The van der Waals surface area contributed by atoms with Crippen molar-refractivity contribution in [3.63, 3.8) is 0 Å². The topological polar surface area (TPSA) is 104 Å². The van der Waals surface area contributed by atoms with Gasteiger partial charge in [0, 0.05) is 12.8 Å². The molecule has 218 valence electrons. The van der Waals surface area contributed by atoms with Crippen LogP contribution in [0.3, 0.4) is 0 Å². The number of rotatable bonds is 29. The highest BCUT2D eigenvalue weighted by molar-refractivity contribution is 5.83. The van der Waals surface area contributed by atoms with Crippen molar-refractivity contribution in [2.24, 2.45) is 0 Å². The van der Waals surface area contributed by atoms with Crippen LogP contribution in [0.4, 0.5) is 0 Å². The Bertz CT molecular complexity index is 552.